The Morgan fingerprint density at radius 3 is 2.54 bits per heavy atom. The molecule has 0 aliphatic rings. The molecule has 0 spiro atoms. The van der Waals surface area contributed by atoms with Crippen LogP contribution in [0.5, 0.6) is 5.75 Å². The Morgan fingerprint density at radius 2 is 2.00 bits per heavy atom. The monoisotopic (exact) mass is 352 g/mol. The number of hydrogen-bond donors (Lipinski definition) is 1. The molecule has 1 rings (SSSR count). The highest BCUT2D eigenvalue weighted by molar-refractivity contribution is 6.03. The van der Waals surface area contributed by atoms with Crippen molar-refractivity contribution in [3.05, 3.63) is 60.2 Å². The van der Waals surface area contributed by atoms with Gasteiger partial charge < -0.3 is 14.6 Å². The van der Waals surface area contributed by atoms with Crippen LogP contribution >= 0.6 is 0 Å². The lowest BCUT2D eigenvalue weighted by atomic mass is 9.92. The molecular formula is C22H24O4. The minimum Gasteiger partial charge on any atom is -0.489 e. The van der Waals surface area contributed by atoms with E-state index in [4.69, 9.17) is 15.9 Å². The van der Waals surface area contributed by atoms with Crippen molar-refractivity contribution in [2.75, 3.05) is 20.3 Å². The summed E-state index contributed by atoms with van der Waals surface area (Å²) in [4.78, 5) is 12.6. The van der Waals surface area contributed by atoms with Crippen LogP contribution in [0.1, 0.15) is 34.0 Å². The zero-order chi connectivity index (χ0) is 19.9. The smallest absolute Gasteiger partial charge is 0.170 e. The molecule has 1 aromatic rings. The fraction of sp³-hybridized carbons (Fsp3) is 0.227. The molecule has 0 aliphatic heterocycles. The lowest BCUT2D eigenvalue weighted by Crippen LogP contribution is -2.10. The van der Waals surface area contributed by atoms with Crippen molar-refractivity contribution < 1.29 is 19.4 Å². The van der Waals surface area contributed by atoms with Crippen LogP contribution in [0.2, 0.25) is 0 Å². The predicted octanol–water partition coefficient (Wildman–Crippen LogP) is 3.59. The molecule has 1 N–H and O–H groups in total. The van der Waals surface area contributed by atoms with Crippen LogP contribution in [0.3, 0.4) is 0 Å². The summed E-state index contributed by atoms with van der Waals surface area (Å²) >= 11 is 0. The predicted molar refractivity (Wildman–Crippen MR) is 106 cm³/mol. The van der Waals surface area contributed by atoms with Crippen molar-refractivity contribution in [2.45, 2.75) is 12.5 Å². The number of aliphatic hydroxyl groups is 1. The van der Waals surface area contributed by atoms with Gasteiger partial charge in [0.1, 0.15) is 18.5 Å². The molecule has 4 nitrogen and oxygen atoms in total. The van der Waals surface area contributed by atoms with E-state index in [1.54, 1.807) is 37.5 Å². The first kappa shape index (κ1) is 22.9. The molecule has 1 atom stereocenters. The van der Waals surface area contributed by atoms with E-state index in [2.05, 4.69) is 31.9 Å². The molecule has 0 aliphatic carbocycles. The number of Topliss-reactive ketones (excluding diaryl/α,β-unsaturated/α-hetero) is 1. The van der Waals surface area contributed by atoms with Crippen molar-refractivity contribution >= 4 is 11.9 Å². The van der Waals surface area contributed by atoms with Gasteiger partial charge in [-0.15, -0.1) is 25.8 Å². The standard InChI is InChI=1S/C20H22O4.C2H2/c1-5-9-18(22)20-16(10-8-14-23-4)15(17(21)7-3)11-12-19(20)24-13-6-2;1-2/h3,5-6,8,10-12,17,21H,1-2,9,13-14H2,4H3;1-2H/b10-8-;. The number of allylic oxidation sites excluding steroid dienone is 1. The molecule has 0 aromatic heterocycles. The minimum absolute atomic E-state index is 0.144. The number of aliphatic hydroxyl groups excluding tert-OH is 1. The molecule has 1 aromatic carbocycles. The van der Waals surface area contributed by atoms with E-state index < -0.39 is 6.10 Å². The van der Waals surface area contributed by atoms with Gasteiger partial charge in [-0.1, -0.05) is 42.9 Å². The average molecular weight is 352 g/mol. The van der Waals surface area contributed by atoms with Crippen LogP contribution < -0.4 is 4.74 Å². The third-order valence-electron chi connectivity index (χ3n) is 3.21. The highest BCUT2D eigenvalue weighted by Crippen LogP contribution is 2.31. The Labute approximate surface area is 155 Å². The molecule has 0 radical (unpaired) electrons. The topological polar surface area (TPSA) is 55.8 Å². The number of carbonyl (C=O) groups is 1. The Balaban J connectivity index is 0.00000301. The number of terminal acetylenes is 2. The van der Waals surface area contributed by atoms with E-state index >= 15 is 0 Å². The molecule has 4 heteroatoms. The van der Waals surface area contributed by atoms with Crippen molar-refractivity contribution in [1.82, 2.24) is 0 Å². The Morgan fingerprint density at radius 1 is 1.31 bits per heavy atom. The lowest BCUT2D eigenvalue weighted by molar-refractivity contribution is 0.0992. The highest BCUT2D eigenvalue weighted by Gasteiger charge is 2.21. The van der Waals surface area contributed by atoms with E-state index in [0.29, 0.717) is 29.0 Å². The van der Waals surface area contributed by atoms with Crippen LogP contribution in [-0.2, 0) is 4.74 Å². The Hall–Kier alpha value is -3.05. The second-order valence-electron chi connectivity index (χ2n) is 4.88. The Bertz CT molecular complexity index is 705. The Kier molecular flexibility index (Phi) is 11.7. The van der Waals surface area contributed by atoms with Gasteiger partial charge in [-0.2, -0.15) is 0 Å². The maximum Gasteiger partial charge on any atom is 0.170 e. The first-order valence-corrected chi connectivity index (χ1v) is 7.78. The summed E-state index contributed by atoms with van der Waals surface area (Å²) in [5.74, 6) is 2.51. The number of benzene rings is 1. The first-order valence-electron chi connectivity index (χ1n) is 7.78. The maximum atomic E-state index is 12.6. The van der Waals surface area contributed by atoms with E-state index in [9.17, 15) is 9.90 Å². The summed E-state index contributed by atoms with van der Waals surface area (Å²) in [6, 6.07) is 3.28. The lowest BCUT2D eigenvalue weighted by Gasteiger charge is -2.17. The summed E-state index contributed by atoms with van der Waals surface area (Å²) < 4.78 is 10.6. The third-order valence-corrected chi connectivity index (χ3v) is 3.21. The molecule has 0 heterocycles. The van der Waals surface area contributed by atoms with Gasteiger partial charge in [0.2, 0.25) is 0 Å². The van der Waals surface area contributed by atoms with Gasteiger partial charge in [0.25, 0.3) is 0 Å². The number of carbonyl (C=O) groups excluding carboxylic acids is 1. The van der Waals surface area contributed by atoms with Crippen molar-refractivity contribution in [3.8, 4) is 30.9 Å². The number of ether oxygens (including phenoxy) is 2. The normalized spacial score (nSPS) is 10.9. The van der Waals surface area contributed by atoms with Gasteiger partial charge in [0.05, 0.1) is 12.2 Å². The van der Waals surface area contributed by atoms with Gasteiger partial charge in [0, 0.05) is 19.1 Å². The molecule has 136 valence electrons. The van der Waals surface area contributed by atoms with E-state index in [1.807, 2.05) is 0 Å². The quantitative estimate of drug-likeness (QED) is 0.397. The van der Waals surface area contributed by atoms with Crippen molar-refractivity contribution in [1.29, 1.82) is 0 Å². The van der Waals surface area contributed by atoms with Crippen LogP contribution in [0.25, 0.3) is 6.08 Å². The summed E-state index contributed by atoms with van der Waals surface area (Å²) in [5.41, 5.74) is 1.34. The van der Waals surface area contributed by atoms with Gasteiger partial charge >= 0.3 is 0 Å². The number of ketones is 1. The van der Waals surface area contributed by atoms with Gasteiger partial charge in [-0.05, 0) is 11.6 Å². The van der Waals surface area contributed by atoms with E-state index in [0.717, 1.165) is 0 Å². The fourth-order valence-electron chi connectivity index (χ4n) is 2.18. The number of hydrogen-bond acceptors (Lipinski definition) is 4. The molecule has 0 saturated heterocycles. The summed E-state index contributed by atoms with van der Waals surface area (Å²) in [6.45, 7) is 7.82. The molecular weight excluding hydrogens is 328 g/mol. The van der Waals surface area contributed by atoms with Crippen molar-refractivity contribution in [2.24, 2.45) is 0 Å². The second-order valence-corrected chi connectivity index (χ2v) is 4.88. The van der Waals surface area contributed by atoms with Gasteiger partial charge in [-0.3, -0.25) is 4.79 Å². The SMILES string of the molecule is C#C.C#CC(O)c1ccc(OCC=C)c(C(=O)CC=C)c1/C=C\COC. The molecule has 0 amide bonds. The molecule has 0 fully saturated rings. The maximum absolute atomic E-state index is 12.6. The first-order chi connectivity index (χ1) is 12.6. The van der Waals surface area contributed by atoms with Crippen molar-refractivity contribution in [3.63, 3.8) is 0 Å². The summed E-state index contributed by atoms with van der Waals surface area (Å²) in [7, 11) is 1.56. The summed E-state index contributed by atoms with van der Waals surface area (Å²) in [5, 5.41) is 10.1. The zero-order valence-corrected chi connectivity index (χ0v) is 15.0. The minimum atomic E-state index is -1.13. The van der Waals surface area contributed by atoms with Gasteiger partial charge in [-0.25, -0.2) is 0 Å². The second kappa shape index (κ2) is 13.3. The molecule has 0 bridgehead atoms. The molecule has 26 heavy (non-hydrogen) atoms. The van der Waals surface area contributed by atoms with Crippen LogP contribution in [0, 0.1) is 25.2 Å². The van der Waals surface area contributed by atoms with Gasteiger partial charge in [0.15, 0.2) is 5.78 Å². The average Bonchev–Trinajstić information content (AvgIpc) is 2.67. The largest absolute Gasteiger partial charge is 0.489 e. The number of rotatable bonds is 10. The van der Waals surface area contributed by atoms with E-state index in [1.165, 1.54) is 6.08 Å². The third kappa shape index (κ3) is 6.45. The van der Waals surface area contributed by atoms with E-state index in [-0.39, 0.29) is 18.8 Å². The highest BCUT2D eigenvalue weighted by atomic mass is 16.5. The molecule has 0 saturated carbocycles. The zero-order valence-electron chi connectivity index (χ0n) is 15.0. The summed E-state index contributed by atoms with van der Waals surface area (Å²) in [6.07, 6.45) is 18.9. The van der Waals surface area contributed by atoms with Crippen LogP contribution in [0.15, 0.2) is 43.5 Å². The van der Waals surface area contributed by atoms with Crippen LogP contribution in [0.4, 0.5) is 0 Å². The number of methoxy groups -OCH3 is 1. The fourth-order valence-corrected chi connectivity index (χ4v) is 2.18. The molecule has 1 unspecified atom stereocenters. The van der Waals surface area contributed by atoms with Crippen LogP contribution in [-0.4, -0.2) is 31.2 Å².